The van der Waals surface area contributed by atoms with Crippen LogP contribution in [0.25, 0.3) is 6.08 Å². The maximum atomic E-state index is 12.8. The number of methoxy groups -OCH3 is 1. The van der Waals surface area contributed by atoms with Crippen LogP contribution in [-0.4, -0.2) is 26.6 Å². The van der Waals surface area contributed by atoms with Crippen LogP contribution in [0.4, 0.5) is 5.69 Å². The molecular formula is C17H16INO5S. The Hall–Kier alpha value is -2.07. The van der Waals surface area contributed by atoms with Gasteiger partial charge in [-0.05, 0) is 77.0 Å². The number of sulfonamides is 1. The largest absolute Gasteiger partial charge is 0.495 e. The van der Waals surface area contributed by atoms with Crippen molar-refractivity contribution < 1.29 is 23.1 Å². The summed E-state index contributed by atoms with van der Waals surface area (Å²) in [4.78, 5) is 10.6. The van der Waals surface area contributed by atoms with Crippen molar-refractivity contribution in [2.24, 2.45) is 0 Å². The summed E-state index contributed by atoms with van der Waals surface area (Å²) in [7, 11) is -2.54. The fourth-order valence-electron chi connectivity index (χ4n) is 2.12. The van der Waals surface area contributed by atoms with Crippen LogP contribution in [0, 0.1) is 10.5 Å². The van der Waals surface area contributed by atoms with Gasteiger partial charge in [-0.3, -0.25) is 4.72 Å². The van der Waals surface area contributed by atoms with E-state index in [9.17, 15) is 13.2 Å². The van der Waals surface area contributed by atoms with Gasteiger partial charge in [0, 0.05) is 9.65 Å². The van der Waals surface area contributed by atoms with Crippen LogP contribution in [0.15, 0.2) is 47.4 Å². The predicted octanol–water partition coefficient (Wildman–Crippen LogP) is 3.51. The Morgan fingerprint density at radius 1 is 1.24 bits per heavy atom. The lowest BCUT2D eigenvalue weighted by Crippen LogP contribution is -2.15. The van der Waals surface area contributed by atoms with Crippen LogP contribution < -0.4 is 9.46 Å². The van der Waals surface area contributed by atoms with Gasteiger partial charge in [-0.15, -0.1) is 0 Å². The first-order chi connectivity index (χ1) is 11.7. The average Bonchev–Trinajstić information content (AvgIpc) is 2.55. The van der Waals surface area contributed by atoms with Crippen LogP contribution >= 0.6 is 22.6 Å². The van der Waals surface area contributed by atoms with Gasteiger partial charge in [-0.25, -0.2) is 13.2 Å². The Morgan fingerprint density at radius 3 is 2.56 bits per heavy atom. The van der Waals surface area contributed by atoms with Crippen LogP contribution in [0.3, 0.4) is 0 Å². The molecule has 0 atom stereocenters. The van der Waals surface area contributed by atoms with Gasteiger partial charge in [0.2, 0.25) is 0 Å². The molecule has 0 spiro atoms. The number of carbonyl (C=O) groups is 1. The third-order valence-corrected chi connectivity index (χ3v) is 5.39. The zero-order valence-electron chi connectivity index (χ0n) is 13.5. The Morgan fingerprint density at radius 2 is 1.96 bits per heavy atom. The number of rotatable bonds is 6. The molecule has 2 aromatic carbocycles. The highest BCUT2D eigenvalue weighted by atomic mass is 127. The summed E-state index contributed by atoms with van der Waals surface area (Å²) in [5.41, 5.74) is 1.69. The maximum absolute atomic E-state index is 12.8. The van der Waals surface area contributed by atoms with Crippen LogP contribution in [0.5, 0.6) is 5.75 Å². The number of aryl methyl sites for hydroxylation is 1. The lowest BCUT2D eigenvalue weighted by Gasteiger charge is -2.14. The zero-order chi connectivity index (χ0) is 18.6. The second kappa shape index (κ2) is 7.87. The van der Waals surface area contributed by atoms with Crippen molar-refractivity contribution >= 4 is 50.3 Å². The van der Waals surface area contributed by atoms with E-state index in [2.05, 4.69) is 27.3 Å². The lowest BCUT2D eigenvalue weighted by molar-refractivity contribution is -0.131. The molecule has 0 amide bonds. The van der Waals surface area contributed by atoms with Gasteiger partial charge in [0.25, 0.3) is 10.0 Å². The maximum Gasteiger partial charge on any atom is 0.328 e. The van der Waals surface area contributed by atoms with Crippen molar-refractivity contribution in [1.29, 1.82) is 0 Å². The monoisotopic (exact) mass is 473 g/mol. The number of nitrogens with one attached hydrogen (secondary N) is 1. The van der Waals surface area contributed by atoms with Gasteiger partial charge in [-0.1, -0.05) is 6.07 Å². The van der Waals surface area contributed by atoms with Gasteiger partial charge in [0.1, 0.15) is 10.6 Å². The molecule has 0 saturated heterocycles. The fraction of sp³-hybridized carbons (Fsp3) is 0.118. The fourth-order valence-corrected chi connectivity index (χ4v) is 4.10. The summed E-state index contributed by atoms with van der Waals surface area (Å²) in [6, 6.07) is 9.78. The first-order valence-corrected chi connectivity index (χ1v) is 9.67. The molecule has 0 radical (unpaired) electrons. The SMILES string of the molecule is COc1ccc(/C=C/C(=O)O)cc1S(=O)(=O)Nc1ccc(I)cc1C. The molecule has 6 nitrogen and oxygen atoms in total. The van der Waals surface area contributed by atoms with Crippen molar-refractivity contribution in [2.45, 2.75) is 11.8 Å². The van der Waals surface area contributed by atoms with Crippen LogP contribution in [0.2, 0.25) is 0 Å². The molecule has 25 heavy (non-hydrogen) atoms. The van der Waals surface area contributed by atoms with E-state index in [-0.39, 0.29) is 10.6 Å². The molecule has 0 heterocycles. The summed E-state index contributed by atoms with van der Waals surface area (Å²) in [6.45, 7) is 1.81. The minimum Gasteiger partial charge on any atom is -0.495 e. The highest BCUT2D eigenvalue weighted by Gasteiger charge is 2.21. The van der Waals surface area contributed by atoms with E-state index >= 15 is 0 Å². The molecule has 0 aliphatic heterocycles. The van der Waals surface area contributed by atoms with Gasteiger partial charge < -0.3 is 9.84 Å². The van der Waals surface area contributed by atoms with Gasteiger partial charge in [0.15, 0.2) is 0 Å². The minimum atomic E-state index is -3.91. The van der Waals surface area contributed by atoms with Crippen molar-refractivity contribution in [3.63, 3.8) is 0 Å². The molecule has 8 heteroatoms. The Bertz CT molecular complexity index is 938. The molecule has 0 unspecified atom stereocenters. The minimum absolute atomic E-state index is 0.0690. The smallest absolute Gasteiger partial charge is 0.328 e. The number of carboxylic acid groups (broad SMARTS) is 1. The number of anilines is 1. The van der Waals surface area contributed by atoms with E-state index in [1.54, 1.807) is 18.2 Å². The number of halogens is 1. The third-order valence-electron chi connectivity index (χ3n) is 3.33. The molecular weight excluding hydrogens is 457 g/mol. The van der Waals surface area contributed by atoms with E-state index in [0.29, 0.717) is 11.3 Å². The number of benzene rings is 2. The van der Waals surface area contributed by atoms with E-state index in [0.717, 1.165) is 15.2 Å². The first-order valence-electron chi connectivity index (χ1n) is 7.11. The second-order valence-corrected chi connectivity index (χ2v) is 8.04. The summed E-state index contributed by atoms with van der Waals surface area (Å²) in [5.74, 6) is -0.948. The predicted molar refractivity (Wildman–Crippen MR) is 104 cm³/mol. The van der Waals surface area contributed by atoms with E-state index < -0.39 is 16.0 Å². The third kappa shape index (κ3) is 4.95. The number of aliphatic carboxylic acids is 1. The standard InChI is InChI=1S/C17H16INO5S/c1-11-9-13(18)5-6-14(11)19-25(22,23)16-10-12(4-8-17(20)21)3-7-15(16)24-2/h3-10,19H,1-2H3,(H,20,21)/b8-4+. The molecule has 0 aromatic heterocycles. The summed E-state index contributed by atoms with van der Waals surface area (Å²) >= 11 is 2.15. The molecule has 0 saturated carbocycles. The molecule has 0 aliphatic carbocycles. The molecule has 0 bridgehead atoms. The normalized spacial score (nSPS) is 11.5. The van der Waals surface area contributed by atoms with Crippen LogP contribution in [-0.2, 0) is 14.8 Å². The Kier molecular flexibility index (Phi) is 6.07. The molecule has 2 rings (SSSR count). The number of ether oxygens (including phenoxy) is 1. The highest BCUT2D eigenvalue weighted by molar-refractivity contribution is 14.1. The summed E-state index contributed by atoms with van der Waals surface area (Å²) in [6.07, 6.45) is 2.26. The number of hydrogen-bond donors (Lipinski definition) is 2. The molecule has 0 fully saturated rings. The highest BCUT2D eigenvalue weighted by Crippen LogP contribution is 2.28. The van der Waals surface area contributed by atoms with E-state index in [4.69, 9.17) is 9.84 Å². The summed E-state index contributed by atoms with van der Waals surface area (Å²) < 4.78 is 34.2. The van der Waals surface area contributed by atoms with E-state index in [1.165, 1.54) is 25.3 Å². The Balaban J connectivity index is 2.46. The quantitative estimate of drug-likeness (QED) is 0.495. The first kappa shape index (κ1) is 19.3. The average molecular weight is 473 g/mol. The second-order valence-electron chi connectivity index (χ2n) is 5.15. The van der Waals surface area contributed by atoms with Crippen molar-refractivity contribution in [2.75, 3.05) is 11.8 Å². The van der Waals surface area contributed by atoms with E-state index in [1.807, 2.05) is 13.0 Å². The number of carboxylic acids is 1. The molecule has 0 aliphatic rings. The van der Waals surface area contributed by atoms with Crippen LogP contribution in [0.1, 0.15) is 11.1 Å². The van der Waals surface area contributed by atoms with Gasteiger partial charge in [-0.2, -0.15) is 0 Å². The summed E-state index contributed by atoms with van der Waals surface area (Å²) in [5, 5.41) is 8.71. The molecule has 132 valence electrons. The van der Waals surface area contributed by atoms with Crippen molar-refractivity contribution in [1.82, 2.24) is 0 Å². The topological polar surface area (TPSA) is 92.7 Å². The lowest BCUT2D eigenvalue weighted by atomic mass is 10.2. The Labute approximate surface area is 159 Å². The van der Waals surface area contributed by atoms with Gasteiger partial charge >= 0.3 is 5.97 Å². The molecule has 2 N–H and O–H groups in total. The number of hydrogen-bond acceptors (Lipinski definition) is 4. The zero-order valence-corrected chi connectivity index (χ0v) is 16.5. The van der Waals surface area contributed by atoms with Gasteiger partial charge in [0.05, 0.1) is 12.8 Å². The van der Waals surface area contributed by atoms with Crippen molar-refractivity contribution in [3.8, 4) is 5.75 Å². The van der Waals surface area contributed by atoms with Crippen molar-refractivity contribution in [3.05, 3.63) is 57.2 Å². The molecule has 2 aromatic rings.